The molecule has 0 spiro atoms. The molecular formula is C13H14N2O. The molecule has 0 aliphatic carbocycles. The van der Waals surface area contributed by atoms with Crippen molar-refractivity contribution < 1.29 is 5.11 Å². The minimum Gasteiger partial charge on any atom is -0.390 e. The van der Waals surface area contributed by atoms with Crippen molar-refractivity contribution in [1.29, 1.82) is 0 Å². The summed E-state index contributed by atoms with van der Waals surface area (Å²) in [4.78, 5) is 8.48. The predicted octanol–water partition coefficient (Wildman–Crippen LogP) is 2.25. The van der Waals surface area contributed by atoms with Gasteiger partial charge in [0, 0.05) is 23.1 Å². The van der Waals surface area contributed by atoms with Crippen LogP contribution in [0, 0.1) is 13.8 Å². The van der Waals surface area contributed by atoms with E-state index in [-0.39, 0.29) is 6.61 Å². The maximum atomic E-state index is 9.30. The molecule has 0 aromatic carbocycles. The number of pyridine rings is 2. The summed E-state index contributed by atoms with van der Waals surface area (Å²) in [7, 11) is 0. The number of aliphatic hydroxyl groups is 1. The molecule has 2 aromatic rings. The van der Waals surface area contributed by atoms with Gasteiger partial charge in [-0.25, -0.2) is 0 Å². The fraction of sp³-hybridized carbons (Fsp3) is 0.231. The number of aromatic nitrogens is 2. The van der Waals surface area contributed by atoms with E-state index in [0.29, 0.717) is 5.69 Å². The number of nitrogens with zero attached hydrogens (tertiary/aromatic N) is 2. The van der Waals surface area contributed by atoms with Gasteiger partial charge in [0.05, 0.1) is 12.3 Å². The van der Waals surface area contributed by atoms with Crippen molar-refractivity contribution in [2.45, 2.75) is 20.5 Å². The number of aliphatic hydroxyl groups excluding tert-OH is 1. The first-order valence-corrected chi connectivity index (χ1v) is 5.21. The highest BCUT2D eigenvalue weighted by atomic mass is 16.3. The van der Waals surface area contributed by atoms with Crippen LogP contribution in [0.25, 0.3) is 11.1 Å². The van der Waals surface area contributed by atoms with Crippen LogP contribution in [-0.2, 0) is 6.61 Å². The van der Waals surface area contributed by atoms with E-state index in [2.05, 4.69) is 9.97 Å². The first-order chi connectivity index (χ1) is 7.70. The molecule has 2 aromatic heterocycles. The maximum absolute atomic E-state index is 9.30. The summed E-state index contributed by atoms with van der Waals surface area (Å²) >= 11 is 0. The van der Waals surface area contributed by atoms with Crippen LogP contribution in [0.4, 0.5) is 0 Å². The lowest BCUT2D eigenvalue weighted by atomic mass is 10.0. The molecule has 3 heteroatoms. The third-order valence-electron chi connectivity index (χ3n) is 2.47. The van der Waals surface area contributed by atoms with Crippen LogP contribution in [0.2, 0.25) is 0 Å². The summed E-state index contributed by atoms with van der Waals surface area (Å²) in [5, 5.41) is 9.30. The molecule has 0 atom stereocenters. The number of aryl methyl sites for hydroxylation is 2. The molecule has 1 N–H and O–H groups in total. The van der Waals surface area contributed by atoms with Gasteiger partial charge in [-0.2, -0.15) is 0 Å². The molecule has 0 unspecified atom stereocenters. The Labute approximate surface area is 94.8 Å². The van der Waals surface area contributed by atoms with Gasteiger partial charge < -0.3 is 5.11 Å². The normalized spacial score (nSPS) is 10.4. The van der Waals surface area contributed by atoms with Crippen LogP contribution in [0.1, 0.15) is 17.1 Å². The first kappa shape index (κ1) is 10.8. The van der Waals surface area contributed by atoms with Crippen molar-refractivity contribution in [2.24, 2.45) is 0 Å². The summed E-state index contributed by atoms with van der Waals surface area (Å²) in [6.45, 7) is 3.82. The smallest absolute Gasteiger partial charge is 0.0859 e. The van der Waals surface area contributed by atoms with Gasteiger partial charge in [0.15, 0.2) is 0 Å². The minimum absolute atomic E-state index is 0.0433. The second-order valence-corrected chi connectivity index (χ2v) is 3.79. The fourth-order valence-corrected chi connectivity index (χ4v) is 1.71. The summed E-state index contributed by atoms with van der Waals surface area (Å²) in [5.74, 6) is 0. The molecule has 0 saturated heterocycles. The number of hydrogen-bond acceptors (Lipinski definition) is 3. The summed E-state index contributed by atoms with van der Waals surface area (Å²) in [6.07, 6.45) is 1.77. The number of rotatable bonds is 2. The third-order valence-corrected chi connectivity index (χ3v) is 2.47. The Morgan fingerprint density at radius 3 is 2.62 bits per heavy atom. The second kappa shape index (κ2) is 4.41. The Kier molecular flexibility index (Phi) is 2.97. The molecule has 2 heterocycles. The Hall–Kier alpha value is -1.74. The molecule has 0 aliphatic rings. The highest BCUT2D eigenvalue weighted by Crippen LogP contribution is 2.22. The van der Waals surface area contributed by atoms with E-state index < -0.39 is 0 Å². The monoisotopic (exact) mass is 214 g/mol. The van der Waals surface area contributed by atoms with E-state index in [1.165, 1.54) is 0 Å². The zero-order chi connectivity index (χ0) is 11.5. The predicted molar refractivity (Wildman–Crippen MR) is 62.9 cm³/mol. The quantitative estimate of drug-likeness (QED) is 0.834. The number of hydrogen-bond donors (Lipinski definition) is 1. The average molecular weight is 214 g/mol. The fourth-order valence-electron chi connectivity index (χ4n) is 1.71. The molecule has 0 bridgehead atoms. The SMILES string of the molecule is Cc1cc(-c2ccc(C)nc2CO)ccn1. The lowest BCUT2D eigenvalue weighted by Gasteiger charge is -2.08. The lowest BCUT2D eigenvalue weighted by Crippen LogP contribution is -1.96. The average Bonchev–Trinajstić information content (AvgIpc) is 2.28. The van der Waals surface area contributed by atoms with Gasteiger partial charge in [-0.1, -0.05) is 6.07 Å². The van der Waals surface area contributed by atoms with Gasteiger partial charge in [0.25, 0.3) is 0 Å². The summed E-state index contributed by atoms with van der Waals surface area (Å²) < 4.78 is 0. The largest absolute Gasteiger partial charge is 0.390 e. The van der Waals surface area contributed by atoms with Crippen LogP contribution in [0.5, 0.6) is 0 Å². The molecule has 16 heavy (non-hydrogen) atoms. The van der Waals surface area contributed by atoms with Crippen LogP contribution in [0.15, 0.2) is 30.5 Å². The maximum Gasteiger partial charge on any atom is 0.0859 e. The Balaban J connectivity index is 2.55. The second-order valence-electron chi connectivity index (χ2n) is 3.79. The molecule has 3 nitrogen and oxygen atoms in total. The van der Waals surface area contributed by atoms with E-state index in [1.54, 1.807) is 6.20 Å². The minimum atomic E-state index is -0.0433. The molecule has 0 amide bonds. The van der Waals surface area contributed by atoms with Crippen LogP contribution in [0.3, 0.4) is 0 Å². The highest BCUT2D eigenvalue weighted by molar-refractivity contribution is 5.65. The van der Waals surface area contributed by atoms with Crippen molar-refractivity contribution in [1.82, 2.24) is 9.97 Å². The molecule has 0 saturated carbocycles. The van der Waals surface area contributed by atoms with Crippen molar-refractivity contribution in [3.63, 3.8) is 0 Å². The van der Waals surface area contributed by atoms with Crippen molar-refractivity contribution >= 4 is 0 Å². The van der Waals surface area contributed by atoms with Gasteiger partial charge in [-0.15, -0.1) is 0 Å². The first-order valence-electron chi connectivity index (χ1n) is 5.21. The van der Waals surface area contributed by atoms with E-state index >= 15 is 0 Å². The zero-order valence-electron chi connectivity index (χ0n) is 9.44. The Morgan fingerprint density at radius 1 is 1.12 bits per heavy atom. The molecular weight excluding hydrogens is 200 g/mol. The zero-order valence-corrected chi connectivity index (χ0v) is 9.44. The third kappa shape index (κ3) is 2.09. The van der Waals surface area contributed by atoms with Crippen LogP contribution in [-0.4, -0.2) is 15.1 Å². The highest BCUT2D eigenvalue weighted by Gasteiger charge is 2.06. The van der Waals surface area contributed by atoms with Crippen molar-refractivity contribution in [2.75, 3.05) is 0 Å². The summed E-state index contributed by atoms with van der Waals surface area (Å²) in [5.41, 5.74) is 4.61. The standard InChI is InChI=1S/C13H14N2O/c1-9-3-4-12(13(8-16)15-9)11-5-6-14-10(2)7-11/h3-7,16H,8H2,1-2H3. The van der Waals surface area contributed by atoms with E-state index in [0.717, 1.165) is 22.5 Å². The van der Waals surface area contributed by atoms with Gasteiger partial charge in [-0.3, -0.25) is 9.97 Å². The summed E-state index contributed by atoms with van der Waals surface area (Å²) in [6, 6.07) is 7.86. The van der Waals surface area contributed by atoms with E-state index in [9.17, 15) is 5.11 Å². The van der Waals surface area contributed by atoms with Crippen molar-refractivity contribution in [3.8, 4) is 11.1 Å². The molecule has 0 radical (unpaired) electrons. The Morgan fingerprint density at radius 2 is 1.94 bits per heavy atom. The molecule has 82 valence electrons. The van der Waals surface area contributed by atoms with Crippen molar-refractivity contribution in [3.05, 3.63) is 47.5 Å². The van der Waals surface area contributed by atoms with Gasteiger partial charge in [0.1, 0.15) is 0 Å². The van der Waals surface area contributed by atoms with Crippen LogP contribution < -0.4 is 0 Å². The van der Waals surface area contributed by atoms with E-state index in [1.807, 2.05) is 38.1 Å². The lowest BCUT2D eigenvalue weighted by molar-refractivity contribution is 0.277. The van der Waals surface area contributed by atoms with Gasteiger partial charge in [-0.05, 0) is 37.6 Å². The molecule has 0 aliphatic heterocycles. The molecule has 0 fully saturated rings. The van der Waals surface area contributed by atoms with Gasteiger partial charge in [0.2, 0.25) is 0 Å². The Bertz CT molecular complexity index is 509. The van der Waals surface area contributed by atoms with E-state index in [4.69, 9.17) is 0 Å². The topological polar surface area (TPSA) is 46.0 Å². The molecule has 2 rings (SSSR count). The van der Waals surface area contributed by atoms with Gasteiger partial charge >= 0.3 is 0 Å². The van der Waals surface area contributed by atoms with Crippen LogP contribution >= 0.6 is 0 Å².